The monoisotopic (exact) mass is 160 g/mol. The van der Waals surface area contributed by atoms with Gasteiger partial charge in [0.2, 0.25) is 0 Å². The van der Waals surface area contributed by atoms with E-state index in [0.29, 0.717) is 6.61 Å². The molecule has 0 amide bonds. The zero-order valence-corrected chi connectivity index (χ0v) is 7.26. The summed E-state index contributed by atoms with van der Waals surface area (Å²) in [7, 11) is 0. The van der Waals surface area contributed by atoms with Crippen molar-refractivity contribution >= 4 is 5.97 Å². The van der Waals surface area contributed by atoms with Gasteiger partial charge in [0.05, 0.1) is 19.8 Å². The molecule has 1 aliphatic heterocycles. The maximum absolute atomic E-state index is 10.1. The molecule has 1 aliphatic rings. The minimum Gasteiger partial charge on any atom is -0.466 e. The summed E-state index contributed by atoms with van der Waals surface area (Å²) < 4.78 is 9.14. The number of carbonyl (C=O) groups excluding carboxylic acids is 1. The molecule has 0 unspecified atom stereocenters. The summed E-state index contributed by atoms with van der Waals surface area (Å²) in [6.07, 6.45) is 2.05. The van der Waals surface area contributed by atoms with Crippen molar-refractivity contribution in [2.75, 3.05) is 19.8 Å². The van der Waals surface area contributed by atoms with Crippen molar-refractivity contribution in [3.05, 3.63) is 0 Å². The van der Waals surface area contributed by atoms with Crippen LogP contribution in [0.2, 0.25) is 0 Å². The first-order valence-electron chi connectivity index (χ1n) is 3.98. The summed E-state index contributed by atoms with van der Waals surface area (Å²) in [6.45, 7) is 6.06. The Hall–Kier alpha value is -0.570. The summed E-state index contributed by atoms with van der Waals surface area (Å²) in [5.74, 6) is -0.182. The number of ether oxygens (including phenoxy) is 2. The van der Waals surface area contributed by atoms with E-state index in [1.54, 1.807) is 0 Å². The highest BCUT2D eigenvalue weighted by molar-refractivity contribution is 5.65. The van der Waals surface area contributed by atoms with Gasteiger partial charge in [-0.3, -0.25) is 4.79 Å². The highest BCUT2D eigenvalue weighted by Crippen LogP contribution is 1.86. The number of epoxide rings is 1. The molecule has 0 aromatic rings. The van der Waals surface area contributed by atoms with Crippen LogP contribution in [0.15, 0.2) is 0 Å². The SMILES string of the molecule is C1CO1.CCCCOC(C)=O. The van der Waals surface area contributed by atoms with Crippen LogP contribution in [-0.4, -0.2) is 25.8 Å². The number of carbonyl (C=O) groups is 1. The molecule has 66 valence electrons. The van der Waals surface area contributed by atoms with Crippen molar-refractivity contribution in [2.45, 2.75) is 26.7 Å². The predicted octanol–water partition coefficient (Wildman–Crippen LogP) is 1.37. The van der Waals surface area contributed by atoms with Gasteiger partial charge in [0.15, 0.2) is 0 Å². The topological polar surface area (TPSA) is 38.8 Å². The molecule has 0 radical (unpaired) electrons. The lowest BCUT2D eigenvalue weighted by molar-refractivity contribution is -0.141. The molecule has 3 heteroatoms. The molecule has 0 aromatic heterocycles. The Balaban J connectivity index is 0.000000271. The van der Waals surface area contributed by atoms with Crippen LogP contribution in [0.5, 0.6) is 0 Å². The summed E-state index contributed by atoms with van der Waals surface area (Å²) >= 11 is 0. The summed E-state index contributed by atoms with van der Waals surface area (Å²) in [5.41, 5.74) is 0. The van der Waals surface area contributed by atoms with E-state index in [9.17, 15) is 4.79 Å². The second kappa shape index (κ2) is 7.54. The van der Waals surface area contributed by atoms with E-state index in [-0.39, 0.29) is 5.97 Å². The lowest BCUT2D eigenvalue weighted by Crippen LogP contribution is -1.99. The maximum Gasteiger partial charge on any atom is 0.302 e. The quantitative estimate of drug-likeness (QED) is 0.355. The van der Waals surface area contributed by atoms with Crippen LogP contribution in [-0.2, 0) is 14.3 Å². The Kier molecular flexibility index (Phi) is 7.15. The minimum absolute atomic E-state index is 0.182. The zero-order valence-electron chi connectivity index (χ0n) is 7.26. The van der Waals surface area contributed by atoms with E-state index < -0.39 is 0 Å². The van der Waals surface area contributed by atoms with Crippen molar-refractivity contribution in [2.24, 2.45) is 0 Å². The molecule has 1 fully saturated rings. The van der Waals surface area contributed by atoms with Gasteiger partial charge in [-0.05, 0) is 6.42 Å². The smallest absolute Gasteiger partial charge is 0.302 e. The average molecular weight is 160 g/mol. The third kappa shape index (κ3) is 17.7. The van der Waals surface area contributed by atoms with Crippen molar-refractivity contribution in [1.82, 2.24) is 0 Å². The summed E-state index contributed by atoms with van der Waals surface area (Å²) in [6, 6.07) is 0. The molecule has 11 heavy (non-hydrogen) atoms. The van der Waals surface area contributed by atoms with Crippen LogP contribution in [0, 0.1) is 0 Å². The largest absolute Gasteiger partial charge is 0.466 e. The first kappa shape index (κ1) is 10.4. The normalized spacial score (nSPS) is 12.9. The fourth-order valence-electron chi connectivity index (χ4n) is 0.360. The van der Waals surface area contributed by atoms with Crippen LogP contribution in [0.3, 0.4) is 0 Å². The molecule has 0 aliphatic carbocycles. The zero-order chi connectivity index (χ0) is 8.53. The van der Waals surface area contributed by atoms with Gasteiger partial charge in [0, 0.05) is 6.92 Å². The standard InChI is InChI=1S/C6H12O2.C2H4O/c1-3-4-5-8-6(2)7;1-2-3-1/h3-5H2,1-2H3;1-2H2. The summed E-state index contributed by atoms with van der Waals surface area (Å²) in [4.78, 5) is 10.1. The third-order valence-electron chi connectivity index (χ3n) is 1.01. The van der Waals surface area contributed by atoms with Gasteiger partial charge in [-0.25, -0.2) is 0 Å². The van der Waals surface area contributed by atoms with Crippen LogP contribution >= 0.6 is 0 Å². The molecule has 3 nitrogen and oxygen atoms in total. The first-order chi connectivity index (χ1) is 5.27. The van der Waals surface area contributed by atoms with Crippen molar-refractivity contribution < 1.29 is 14.3 Å². The van der Waals surface area contributed by atoms with Crippen LogP contribution in [0.25, 0.3) is 0 Å². The molecule has 1 heterocycles. The van der Waals surface area contributed by atoms with Gasteiger partial charge in [0.1, 0.15) is 0 Å². The lowest BCUT2D eigenvalue weighted by Gasteiger charge is -1.96. The second-order valence-electron chi connectivity index (χ2n) is 2.31. The van der Waals surface area contributed by atoms with Crippen molar-refractivity contribution in [1.29, 1.82) is 0 Å². The van der Waals surface area contributed by atoms with E-state index in [1.165, 1.54) is 6.92 Å². The fraction of sp³-hybridized carbons (Fsp3) is 0.875. The molecular formula is C8H16O3. The highest BCUT2D eigenvalue weighted by atomic mass is 16.6. The molecule has 0 N–H and O–H groups in total. The first-order valence-corrected chi connectivity index (χ1v) is 3.98. The van der Waals surface area contributed by atoms with E-state index in [2.05, 4.69) is 16.4 Å². The number of hydrogen-bond acceptors (Lipinski definition) is 3. The van der Waals surface area contributed by atoms with Gasteiger partial charge in [-0.15, -0.1) is 0 Å². The Morgan fingerprint density at radius 3 is 2.36 bits per heavy atom. The molecule has 0 saturated carbocycles. The Morgan fingerprint density at radius 2 is 2.09 bits per heavy atom. The van der Waals surface area contributed by atoms with Gasteiger partial charge in [-0.1, -0.05) is 13.3 Å². The number of esters is 1. The van der Waals surface area contributed by atoms with Gasteiger partial charge in [-0.2, -0.15) is 0 Å². The van der Waals surface area contributed by atoms with Gasteiger partial charge >= 0.3 is 5.97 Å². The second-order valence-corrected chi connectivity index (χ2v) is 2.31. The molecule has 1 rings (SSSR count). The van der Waals surface area contributed by atoms with Gasteiger partial charge in [0.25, 0.3) is 0 Å². The lowest BCUT2D eigenvalue weighted by atomic mass is 10.4. The van der Waals surface area contributed by atoms with E-state index in [0.717, 1.165) is 26.1 Å². The number of rotatable bonds is 3. The Morgan fingerprint density at radius 1 is 1.55 bits per heavy atom. The Bertz CT molecular complexity index is 96.8. The van der Waals surface area contributed by atoms with Crippen LogP contribution in [0.1, 0.15) is 26.7 Å². The molecule has 0 atom stereocenters. The molecular weight excluding hydrogens is 144 g/mol. The van der Waals surface area contributed by atoms with E-state index >= 15 is 0 Å². The highest BCUT2D eigenvalue weighted by Gasteiger charge is 1.94. The average Bonchev–Trinajstić information content (AvgIpc) is 2.71. The van der Waals surface area contributed by atoms with Crippen molar-refractivity contribution in [3.63, 3.8) is 0 Å². The molecule has 0 aromatic carbocycles. The summed E-state index contributed by atoms with van der Waals surface area (Å²) in [5, 5.41) is 0. The molecule has 1 saturated heterocycles. The predicted molar refractivity (Wildman–Crippen MR) is 42.4 cm³/mol. The molecule has 0 spiro atoms. The Labute approximate surface area is 67.7 Å². The van der Waals surface area contributed by atoms with Crippen LogP contribution < -0.4 is 0 Å². The number of hydrogen-bond donors (Lipinski definition) is 0. The minimum atomic E-state index is -0.182. The maximum atomic E-state index is 10.1. The van der Waals surface area contributed by atoms with E-state index in [1.807, 2.05) is 0 Å². The van der Waals surface area contributed by atoms with Crippen molar-refractivity contribution in [3.8, 4) is 0 Å². The third-order valence-corrected chi connectivity index (χ3v) is 1.01. The van der Waals surface area contributed by atoms with Crippen LogP contribution in [0.4, 0.5) is 0 Å². The van der Waals surface area contributed by atoms with E-state index in [4.69, 9.17) is 0 Å². The number of unbranched alkanes of at least 4 members (excludes halogenated alkanes) is 1. The fourth-order valence-corrected chi connectivity index (χ4v) is 0.360. The molecule has 0 bridgehead atoms. The van der Waals surface area contributed by atoms with Gasteiger partial charge < -0.3 is 9.47 Å².